The van der Waals surface area contributed by atoms with Gasteiger partial charge in [-0.15, -0.1) is 11.8 Å². The first-order valence-electron chi connectivity index (χ1n) is 9.01. The van der Waals surface area contributed by atoms with Crippen LogP contribution >= 0.6 is 11.8 Å². The Hall–Kier alpha value is -3.06. The van der Waals surface area contributed by atoms with Crippen LogP contribution in [0.1, 0.15) is 12.5 Å². The molecule has 5 nitrogen and oxygen atoms in total. The summed E-state index contributed by atoms with van der Waals surface area (Å²) >= 11 is 1.46. The van der Waals surface area contributed by atoms with E-state index in [1.165, 1.54) is 23.9 Å². The van der Waals surface area contributed by atoms with Crippen LogP contribution in [0.5, 0.6) is 17.4 Å². The van der Waals surface area contributed by atoms with Gasteiger partial charge < -0.3 is 14.8 Å². The predicted molar refractivity (Wildman–Crippen MR) is 111 cm³/mol. The summed E-state index contributed by atoms with van der Waals surface area (Å²) < 4.78 is 24.2. The number of benzene rings is 2. The minimum absolute atomic E-state index is 0.105. The third-order valence-electron chi connectivity index (χ3n) is 4.06. The lowest BCUT2D eigenvalue weighted by Gasteiger charge is -2.14. The summed E-state index contributed by atoms with van der Waals surface area (Å²) in [4.78, 5) is 17.7. The Bertz CT molecular complexity index is 966. The molecule has 1 atom stereocenters. The van der Waals surface area contributed by atoms with E-state index in [0.717, 1.165) is 10.6 Å². The van der Waals surface area contributed by atoms with Gasteiger partial charge in [0, 0.05) is 29.3 Å². The molecule has 0 fully saturated rings. The van der Waals surface area contributed by atoms with Gasteiger partial charge in [0.2, 0.25) is 11.8 Å². The van der Waals surface area contributed by atoms with Crippen molar-refractivity contribution in [1.29, 1.82) is 0 Å². The maximum absolute atomic E-state index is 13.4. The lowest BCUT2D eigenvalue weighted by molar-refractivity contribution is -0.120. The number of aromatic nitrogens is 1. The van der Waals surface area contributed by atoms with Crippen LogP contribution in [-0.4, -0.2) is 23.3 Å². The van der Waals surface area contributed by atoms with E-state index in [0.29, 0.717) is 17.2 Å². The molecule has 3 aromatic rings. The molecule has 0 aliphatic carbocycles. The molecule has 0 spiro atoms. The molecule has 0 aliphatic heterocycles. The van der Waals surface area contributed by atoms with Crippen LogP contribution in [0, 0.1) is 5.82 Å². The van der Waals surface area contributed by atoms with Gasteiger partial charge in [-0.25, -0.2) is 9.37 Å². The lowest BCUT2D eigenvalue weighted by Crippen LogP contribution is -2.30. The van der Waals surface area contributed by atoms with E-state index in [2.05, 4.69) is 10.3 Å². The van der Waals surface area contributed by atoms with Crippen molar-refractivity contribution in [2.45, 2.75) is 23.6 Å². The van der Waals surface area contributed by atoms with E-state index in [4.69, 9.17) is 9.47 Å². The molecule has 1 N–H and O–H groups in total. The Morgan fingerprint density at radius 1 is 1.14 bits per heavy atom. The average Bonchev–Trinajstić information content (AvgIpc) is 2.73. The van der Waals surface area contributed by atoms with Crippen LogP contribution in [0.3, 0.4) is 0 Å². The molecule has 7 heteroatoms. The molecule has 1 unspecified atom stereocenters. The monoisotopic (exact) mass is 412 g/mol. The van der Waals surface area contributed by atoms with Gasteiger partial charge in [-0.2, -0.15) is 0 Å². The molecular weight excluding hydrogens is 391 g/mol. The Labute approximate surface area is 173 Å². The highest BCUT2D eigenvalue weighted by atomic mass is 32.2. The first-order valence-corrected chi connectivity index (χ1v) is 9.89. The molecule has 3 rings (SSSR count). The molecule has 0 saturated carbocycles. The van der Waals surface area contributed by atoms with Crippen LogP contribution in [0.25, 0.3) is 0 Å². The summed E-state index contributed by atoms with van der Waals surface area (Å²) in [6, 6.07) is 17.0. The van der Waals surface area contributed by atoms with Crippen molar-refractivity contribution < 1.29 is 18.7 Å². The van der Waals surface area contributed by atoms with Crippen LogP contribution in [0.4, 0.5) is 4.39 Å². The van der Waals surface area contributed by atoms with Crippen LogP contribution in [0.2, 0.25) is 0 Å². The second kappa shape index (κ2) is 9.93. The van der Waals surface area contributed by atoms with Crippen molar-refractivity contribution in [3.8, 4) is 17.4 Å². The third kappa shape index (κ3) is 5.96. The van der Waals surface area contributed by atoms with E-state index in [9.17, 15) is 9.18 Å². The minimum atomic E-state index is -0.391. The number of carbonyl (C=O) groups is 1. The normalized spacial score (nSPS) is 11.6. The first kappa shape index (κ1) is 20.7. The molecule has 0 saturated heterocycles. The lowest BCUT2D eigenvalue weighted by atomic mass is 10.2. The molecule has 2 aromatic carbocycles. The van der Waals surface area contributed by atoms with E-state index >= 15 is 0 Å². The molecular formula is C22H21FN2O3S. The second-order valence-electron chi connectivity index (χ2n) is 6.18. The summed E-state index contributed by atoms with van der Waals surface area (Å²) in [5.41, 5.74) is 0.701. The van der Waals surface area contributed by atoms with Gasteiger partial charge in [-0.05, 0) is 49.4 Å². The highest BCUT2D eigenvalue weighted by Crippen LogP contribution is 2.26. The van der Waals surface area contributed by atoms with Gasteiger partial charge >= 0.3 is 0 Å². The summed E-state index contributed by atoms with van der Waals surface area (Å²) in [6.45, 7) is 2.10. The summed E-state index contributed by atoms with van der Waals surface area (Å²) in [5.74, 6) is 0.950. The topological polar surface area (TPSA) is 60.5 Å². The van der Waals surface area contributed by atoms with Crippen molar-refractivity contribution in [3.63, 3.8) is 0 Å². The Morgan fingerprint density at radius 2 is 1.93 bits per heavy atom. The minimum Gasteiger partial charge on any atom is -0.497 e. The predicted octanol–water partition coefficient (Wildman–Crippen LogP) is 4.82. The summed E-state index contributed by atoms with van der Waals surface area (Å²) in [7, 11) is 1.61. The summed E-state index contributed by atoms with van der Waals surface area (Å²) in [5, 5.41) is 2.62. The highest BCUT2D eigenvalue weighted by molar-refractivity contribution is 8.00. The number of carbonyl (C=O) groups excluding carboxylic acids is 1. The standard InChI is InChI=1S/C22H21FN2O3S/c1-15(29-20-10-8-18(27-2)9-11-20)21(26)25-14-16-5-4-12-24-22(16)28-19-7-3-6-17(23)13-19/h3-13,15H,14H2,1-2H3,(H,25,26). The number of amides is 1. The largest absolute Gasteiger partial charge is 0.497 e. The SMILES string of the molecule is COc1ccc(SC(C)C(=O)NCc2cccnc2Oc2cccc(F)c2)cc1. The average molecular weight is 412 g/mol. The number of hydrogen-bond acceptors (Lipinski definition) is 5. The molecule has 150 valence electrons. The molecule has 29 heavy (non-hydrogen) atoms. The smallest absolute Gasteiger partial charge is 0.233 e. The van der Waals surface area contributed by atoms with Crippen LogP contribution < -0.4 is 14.8 Å². The molecule has 0 radical (unpaired) electrons. The quantitative estimate of drug-likeness (QED) is 0.538. The van der Waals surface area contributed by atoms with Crippen molar-refractivity contribution >= 4 is 17.7 Å². The Kier molecular flexibility index (Phi) is 7.08. The number of nitrogens with zero attached hydrogens (tertiary/aromatic N) is 1. The fourth-order valence-electron chi connectivity index (χ4n) is 2.53. The van der Waals surface area contributed by atoms with Crippen molar-refractivity contribution in [2.24, 2.45) is 0 Å². The van der Waals surface area contributed by atoms with Gasteiger partial charge in [0.1, 0.15) is 17.3 Å². The van der Waals surface area contributed by atoms with E-state index < -0.39 is 5.82 Å². The number of pyridine rings is 1. The summed E-state index contributed by atoms with van der Waals surface area (Å²) in [6.07, 6.45) is 1.59. The zero-order chi connectivity index (χ0) is 20.6. The molecule has 0 aliphatic rings. The number of methoxy groups -OCH3 is 1. The van der Waals surface area contributed by atoms with Gasteiger partial charge in [-0.1, -0.05) is 12.1 Å². The Balaban J connectivity index is 1.59. The van der Waals surface area contributed by atoms with Crippen LogP contribution in [0.15, 0.2) is 71.8 Å². The number of nitrogens with one attached hydrogen (secondary N) is 1. The van der Waals surface area contributed by atoms with Crippen molar-refractivity contribution in [2.75, 3.05) is 7.11 Å². The van der Waals surface area contributed by atoms with Crippen molar-refractivity contribution in [1.82, 2.24) is 10.3 Å². The van der Waals surface area contributed by atoms with Gasteiger partial charge in [0.15, 0.2) is 0 Å². The third-order valence-corrected chi connectivity index (χ3v) is 5.17. The van der Waals surface area contributed by atoms with Gasteiger partial charge in [0.05, 0.1) is 12.4 Å². The van der Waals surface area contributed by atoms with E-state index in [1.54, 1.807) is 31.5 Å². The number of ether oxygens (including phenoxy) is 2. The second-order valence-corrected chi connectivity index (χ2v) is 7.59. The molecule has 0 bridgehead atoms. The zero-order valence-corrected chi connectivity index (χ0v) is 16.9. The molecule has 1 amide bonds. The van der Waals surface area contributed by atoms with E-state index in [1.807, 2.05) is 37.3 Å². The maximum Gasteiger partial charge on any atom is 0.233 e. The van der Waals surface area contributed by atoms with Gasteiger partial charge in [-0.3, -0.25) is 4.79 Å². The fraction of sp³-hybridized carbons (Fsp3) is 0.182. The number of rotatable bonds is 8. The molecule has 1 aromatic heterocycles. The van der Waals surface area contributed by atoms with E-state index in [-0.39, 0.29) is 17.7 Å². The number of thioether (sulfide) groups is 1. The first-order chi connectivity index (χ1) is 14.0. The maximum atomic E-state index is 13.4. The number of halogens is 1. The molecule has 1 heterocycles. The Morgan fingerprint density at radius 3 is 2.66 bits per heavy atom. The van der Waals surface area contributed by atoms with Crippen LogP contribution in [-0.2, 0) is 11.3 Å². The number of hydrogen-bond donors (Lipinski definition) is 1. The highest BCUT2D eigenvalue weighted by Gasteiger charge is 2.15. The van der Waals surface area contributed by atoms with Gasteiger partial charge in [0.25, 0.3) is 0 Å². The fourth-order valence-corrected chi connectivity index (χ4v) is 3.42. The zero-order valence-electron chi connectivity index (χ0n) is 16.1. The van der Waals surface area contributed by atoms with Crippen molar-refractivity contribution in [3.05, 3.63) is 78.2 Å².